The van der Waals surface area contributed by atoms with Gasteiger partial charge in [0.15, 0.2) is 0 Å². The molecule has 0 fully saturated rings. The van der Waals surface area contributed by atoms with Crippen molar-refractivity contribution in [1.29, 1.82) is 0 Å². The molecule has 0 aromatic carbocycles. The van der Waals surface area contributed by atoms with E-state index in [1.165, 1.54) is 0 Å². The maximum atomic E-state index is 8.58. The maximum Gasteiger partial charge on any atom is 0.0901 e. The minimum atomic E-state index is -0.127. The Morgan fingerprint density at radius 3 is 3.09 bits per heavy atom. The van der Waals surface area contributed by atoms with E-state index in [0.29, 0.717) is 5.03 Å². The van der Waals surface area contributed by atoms with E-state index in [1.54, 1.807) is 17.4 Å². The third-order valence-corrected chi connectivity index (χ3v) is 2.11. The standard InChI is InChI=1S/C7H8ClNOS/c1-5-9-7(4-11-5)2-6(8)3-10/h2,4,10H,3H2,1H3/b6-2+. The highest BCUT2D eigenvalue weighted by Gasteiger charge is 1.95. The van der Waals surface area contributed by atoms with Crippen LogP contribution >= 0.6 is 22.9 Å². The molecule has 2 nitrogen and oxygen atoms in total. The van der Waals surface area contributed by atoms with Gasteiger partial charge in [-0.2, -0.15) is 0 Å². The number of hydrogen-bond donors (Lipinski definition) is 1. The number of thiazole rings is 1. The topological polar surface area (TPSA) is 33.1 Å². The Morgan fingerprint density at radius 1 is 1.91 bits per heavy atom. The number of halogens is 1. The van der Waals surface area contributed by atoms with Gasteiger partial charge in [0.05, 0.1) is 17.3 Å². The van der Waals surface area contributed by atoms with Crippen LogP contribution in [0.4, 0.5) is 0 Å². The summed E-state index contributed by atoms with van der Waals surface area (Å²) in [6, 6.07) is 0. The summed E-state index contributed by atoms with van der Waals surface area (Å²) in [6.07, 6.45) is 1.66. The van der Waals surface area contributed by atoms with Crippen LogP contribution < -0.4 is 0 Å². The van der Waals surface area contributed by atoms with Gasteiger partial charge in [0.1, 0.15) is 0 Å². The fourth-order valence-electron chi connectivity index (χ4n) is 0.653. The Bertz CT molecular complexity index is 269. The molecule has 0 amide bonds. The number of aliphatic hydroxyl groups is 1. The zero-order valence-corrected chi connectivity index (χ0v) is 7.61. The molecule has 11 heavy (non-hydrogen) atoms. The predicted octanol–water partition coefficient (Wildman–Crippen LogP) is 2.02. The van der Waals surface area contributed by atoms with E-state index in [0.717, 1.165) is 10.7 Å². The SMILES string of the molecule is Cc1nc(/C=C(/Cl)CO)cs1. The van der Waals surface area contributed by atoms with E-state index < -0.39 is 0 Å². The van der Waals surface area contributed by atoms with Crippen molar-refractivity contribution in [3.05, 3.63) is 21.1 Å². The number of rotatable bonds is 2. The van der Waals surface area contributed by atoms with E-state index >= 15 is 0 Å². The zero-order chi connectivity index (χ0) is 8.27. The monoisotopic (exact) mass is 189 g/mol. The average Bonchev–Trinajstić information content (AvgIpc) is 2.35. The number of hydrogen-bond acceptors (Lipinski definition) is 3. The largest absolute Gasteiger partial charge is 0.391 e. The van der Waals surface area contributed by atoms with Crippen molar-refractivity contribution in [2.24, 2.45) is 0 Å². The van der Waals surface area contributed by atoms with E-state index in [-0.39, 0.29) is 6.61 Å². The fourth-order valence-corrected chi connectivity index (χ4v) is 1.33. The van der Waals surface area contributed by atoms with Gasteiger partial charge in [0, 0.05) is 10.4 Å². The summed E-state index contributed by atoms with van der Waals surface area (Å²) >= 11 is 7.15. The van der Waals surface area contributed by atoms with Gasteiger partial charge in [-0.05, 0) is 13.0 Å². The first-order chi connectivity index (χ1) is 5.22. The number of aromatic nitrogens is 1. The molecule has 1 aromatic heterocycles. The first-order valence-corrected chi connectivity index (χ1v) is 4.37. The summed E-state index contributed by atoms with van der Waals surface area (Å²) in [5, 5.41) is 11.9. The van der Waals surface area contributed by atoms with Crippen molar-refractivity contribution in [2.75, 3.05) is 6.61 Å². The van der Waals surface area contributed by atoms with Crippen LogP contribution in [-0.2, 0) is 0 Å². The van der Waals surface area contributed by atoms with E-state index in [1.807, 2.05) is 12.3 Å². The molecule has 0 unspecified atom stereocenters. The minimum Gasteiger partial charge on any atom is -0.391 e. The maximum absolute atomic E-state index is 8.58. The Labute approximate surface area is 74.2 Å². The first-order valence-electron chi connectivity index (χ1n) is 3.11. The van der Waals surface area contributed by atoms with Crippen LogP contribution in [0.2, 0.25) is 0 Å². The molecule has 0 aliphatic rings. The molecule has 1 heterocycles. The van der Waals surface area contributed by atoms with Crippen LogP contribution in [0.25, 0.3) is 6.08 Å². The van der Waals surface area contributed by atoms with Gasteiger partial charge >= 0.3 is 0 Å². The lowest BCUT2D eigenvalue weighted by Gasteiger charge is -1.87. The smallest absolute Gasteiger partial charge is 0.0901 e. The fraction of sp³-hybridized carbons (Fsp3) is 0.286. The Balaban J connectivity index is 2.78. The Morgan fingerprint density at radius 2 is 2.64 bits per heavy atom. The van der Waals surface area contributed by atoms with Crippen molar-refractivity contribution < 1.29 is 5.11 Å². The van der Waals surface area contributed by atoms with Crippen LogP contribution in [0, 0.1) is 6.92 Å². The van der Waals surface area contributed by atoms with Crippen LogP contribution in [0.5, 0.6) is 0 Å². The minimum absolute atomic E-state index is 0.127. The van der Waals surface area contributed by atoms with Gasteiger partial charge < -0.3 is 5.11 Å². The lowest BCUT2D eigenvalue weighted by molar-refractivity contribution is 0.339. The normalized spacial score (nSPS) is 12.1. The van der Waals surface area contributed by atoms with Crippen molar-refractivity contribution in [2.45, 2.75) is 6.92 Å². The summed E-state index contributed by atoms with van der Waals surface area (Å²) in [4.78, 5) is 4.15. The Kier molecular flexibility index (Phi) is 3.05. The molecule has 0 bridgehead atoms. The lowest BCUT2D eigenvalue weighted by Crippen LogP contribution is -1.80. The molecule has 0 spiro atoms. The van der Waals surface area contributed by atoms with Gasteiger partial charge in [-0.3, -0.25) is 0 Å². The lowest BCUT2D eigenvalue weighted by atomic mass is 10.4. The second-order valence-corrected chi connectivity index (χ2v) is 3.59. The highest BCUT2D eigenvalue weighted by atomic mass is 35.5. The number of aryl methyl sites for hydroxylation is 1. The van der Waals surface area contributed by atoms with Crippen molar-refractivity contribution in [1.82, 2.24) is 4.98 Å². The molecule has 0 saturated heterocycles. The van der Waals surface area contributed by atoms with Crippen LogP contribution in [0.1, 0.15) is 10.7 Å². The van der Waals surface area contributed by atoms with Crippen LogP contribution in [0.15, 0.2) is 10.4 Å². The Hall–Kier alpha value is -0.380. The number of nitrogens with zero attached hydrogens (tertiary/aromatic N) is 1. The molecular formula is C7H8ClNOS. The second kappa shape index (κ2) is 3.85. The van der Waals surface area contributed by atoms with E-state index in [9.17, 15) is 0 Å². The summed E-state index contributed by atoms with van der Waals surface area (Å²) in [6.45, 7) is 1.80. The molecular weight excluding hydrogens is 182 g/mol. The summed E-state index contributed by atoms with van der Waals surface area (Å²) < 4.78 is 0. The molecule has 1 rings (SSSR count). The van der Waals surface area contributed by atoms with E-state index in [4.69, 9.17) is 16.7 Å². The second-order valence-electron chi connectivity index (χ2n) is 2.04. The molecule has 1 N–H and O–H groups in total. The zero-order valence-electron chi connectivity index (χ0n) is 6.04. The van der Waals surface area contributed by atoms with Gasteiger partial charge in [-0.25, -0.2) is 4.98 Å². The molecule has 0 radical (unpaired) electrons. The predicted molar refractivity (Wildman–Crippen MR) is 47.8 cm³/mol. The molecule has 0 atom stereocenters. The van der Waals surface area contributed by atoms with Crippen molar-refractivity contribution >= 4 is 29.0 Å². The molecule has 0 aliphatic heterocycles. The van der Waals surface area contributed by atoms with Gasteiger partial charge in [-0.15, -0.1) is 11.3 Å². The summed E-state index contributed by atoms with van der Waals surface area (Å²) in [7, 11) is 0. The highest BCUT2D eigenvalue weighted by molar-refractivity contribution is 7.09. The molecule has 0 aliphatic carbocycles. The molecule has 4 heteroatoms. The molecule has 0 saturated carbocycles. The average molecular weight is 190 g/mol. The number of aliphatic hydroxyl groups excluding tert-OH is 1. The third-order valence-electron chi connectivity index (χ3n) is 1.09. The van der Waals surface area contributed by atoms with Gasteiger partial charge in [-0.1, -0.05) is 11.6 Å². The highest BCUT2D eigenvalue weighted by Crippen LogP contribution is 2.12. The van der Waals surface area contributed by atoms with Crippen LogP contribution in [0.3, 0.4) is 0 Å². The third kappa shape index (κ3) is 2.61. The molecule has 60 valence electrons. The van der Waals surface area contributed by atoms with Crippen molar-refractivity contribution in [3.8, 4) is 0 Å². The molecule has 1 aromatic rings. The summed E-state index contributed by atoms with van der Waals surface area (Å²) in [5.74, 6) is 0. The quantitative estimate of drug-likeness (QED) is 0.773. The summed E-state index contributed by atoms with van der Waals surface area (Å²) in [5.41, 5.74) is 0.812. The van der Waals surface area contributed by atoms with Crippen LogP contribution in [-0.4, -0.2) is 16.7 Å². The van der Waals surface area contributed by atoms with Gasteiger partial charge in [0.25, 0.3) is 0 Å². The first kappa shape index (κ1) is 8.71. The van der Waals surface area contributed by atoms with E-state index in [2.05, 4.69) is 4.98 Å². The van der Waals surface area contributed by atoms with Gasteiger partial charge in [0.2, 0.25) is 0 Å². The van der Waals surface area contributed by atoms with Crippen molar-refractivity contribution in [3.63, 3.8) is 0 Å².